The minimum absolute atomic E-state index is 0.383. The molecule has 3 aromatic rings. The number of hydrogen-bond acceptors (Lipinski definition) is 2. The molecule has 0 aliphatic rings. The third-order valence-electron chi connectivity index (χ3n) is 3.12. The van der Waals surface area contributed by atoms with Crippen LogP contribution in [0.3, 0.4) is 0 Å². The summed E-state index contributed by atoms with van der Waals surface area (Å²) in [5, 5.41) is 1.27. The number of rotatable bonds is 2. The number of halogens is 3. The Morgan fingerprint density at radius 2 is 1.57 bits per heavy atom. The molecule has 0 saturated heterocycles. The van der Waals surface area contributed by atoms with E-state index in [1.165, 1.54) is 0 Å². The van der Waals surface area contributed by atoms with Crippen molar-refractivity contribution in [3.63, 3.8) is 0 Å². The fourth-order valence-corrected chi connectivity index (χ4v) is 2.58. The molecule has 0 unspecified atom stereocenters. The smallest absolute Gasteiger partial charge is 0.253 e. The maximum Gasteiger partial charge on any atom is 0.253 e. The number of aromatic nitrogens is 1. The Kier molecular flexibility index (Phi) is 3.85. The van der Waals surface area contributed by atoms with E-state index in [4.69, 9.17) is 34.8 Å². The van der Waals surface area contributed by atoms with E-state index in [1.54, 1.807) is 36.4 Å². The van der Waals surface area contributed by atoms with Crippen molar-refractivity contribution < 1.29 is 4.79 Å². The molecule has 0 aliphatic carbocycles. The van der Waals surface area contributed by atoms with Crippen molar-refractivity contribution >= 4 is 50.9 Å². The van der Waals surface area contributed by atoms with Gasteiger partial charge in [-0.05, 0) is 48.0 Å². The molecule has 0 amide bonds. The Labute approximate surface area is 136 Å². The fourth-order valence-electron chi connectivity index (χ4n) is 2.13. The van der Waals surface area contributed by atoms with Crippen molar-refractivity contribution in [2.24, 2.45) is 0 Å². The van der Waals surface area contributed by atoms with Gasteiger partial charge >= 0.3 is 0 Å². The van der Waals surface area contributed by atoms with E-state index >= 15 is 0 Å². The summed E-state index contributed by atoms with van der Waals surface area (Å²) in [5.74, 6) is 0. The average molecular weight is 337 g/mol. The van der Waals surface area contributed by atoms with Gasteiger partial charge in [0.05, 0.1) is 11.2 Å². The van der Waals surface area contributed by atoms with Gasteiger partial charge in [0.15, 0.2) is 0 Å². The molecule has 0 aliphatic heterocycles. The van der Waals surface area contributed by atoms with Gasteiger partial charge in [0, 0.05) is 26.6 Å². The number of carbonyl (C=O) groups excluding carboxylic acids is 1. The molecule has 5 heteroatoms. The topological polar surface area (TPSA) is 30.0 Å². The Bertz CT molecular complexity index is 844. The number of nitrogens with zero attached hydrogens (tertiary/aromatic N) is 1. The molecular weight excluding hydrogens is 329 g/mol. The lowest BCUT2D eigenvalue weighted by Gasteiger charge is -2.07. The van der Waals surface area contributed by atoms with Crippen LogP contribution in [0.25, 0.3) is 22.2 Å². The van der Waals surface area contributed by atoms with Crippen LogP contribution in [0.15, 0.2) is 48.5 Å². The maximum atomic E-state index is 11.7. The molecule has 0 radical (unpaired) electrons. The Balaban J connectivity index is 2.28. The summed E-state index contributed by atoms with van der Waals surface area (Å²) in [6.45, 7) is 0. The van der Waals surface area contributed by atoms with Crippen LogP contribution in [-0.4, -0.2) is 10.2 Å². The van der Waals surface area contributed by atoms with Gasteiger partial charge < -0.3 is 0 Å². The van der Waals surface area contributed by atoms with E-state index in [9.17, 15) is 4.79 Å². The number of pyridine rings is 1. The molecule has 21 heavy (non-hydrogen) atoms. The van der Waals surface area contributed by atoms with Crippen molar-refractivity contribution in [1.82, 2.24) is 4.98 Å². The van der Waals surface area contributed by atoms with Gasteiger partial charge in [0.2, 0.25) is 0 Å². The summed E-state index contributed by atoms with van der Waals surface area (Å²) >= 11 is 17.5. The third-order valence-corrected chi connectivity index (χ3v) is 3.81. The summed E-state index contributed by atoms with van der Waals surface area (Å²) in [4.78, 5) is 16.2. The Hall–Kier alpha value is -1.61. The summed E-state index contributed by atoms with van der Waals surface area (Å²) in [5.41, 5.74) is 2.56. The van der Waals surface area contributed by atoms with Gasteiger partial charge in [-0.3, -0.25) is 4.79 Å². The van der Waals surface area contributed by atoms with Gasteiger partial charge in [-0.25, -0.2) is 4.98 Å². The highest BCUT2D eigenvalue weighted by Crippen LogP contribution is 2.28. The molecule has 2 nitrogen and oxygen atoms in total. The van der Waals surface area contributed by atoms with Gasteiger partial charge in [0.1, 0.15) is 0 Å². The molecular formula is C16H8Cl3NO. The number of hydrogen-bond donors (Lipinski definition) is 0. The quantitative estimate of drug-likeness (QED) is 0.571. The Morgan fingerprint density at radius 1 is 0.905 bits per heavy atom. The lowest BCUT2D eigenvalue weighted by molar-refractivity contribution is 0.108. The molecule has 3 rings (SSSR count). The second-order valence-electron chi connectivity index (χ2n) is 4.50. The molecule has 0 spiro atoms. The SMILES string of the molecule is O=C(Cl)c1cc(-c2ccc(Cl)cc2)nc2ccc(Cl)cc12. The first-order chi connectivity index (χ1) is 10.0. The van der Waals surface area contributed by atoms with Crippen molar-refractivity contribution in [3.8, 4) is 11.3 Å². The van der Waals surface area contributed by atoms with E-state index in [2.05, 4.69) is 4.98 Å². The lowest BCUT2D eigenvalue weighted by Crippen LogP contribution is -1.95. The van der Waals surface area contributed by atoms with E-state index in [0.29, 0.717) is 32.2 Å². The number of carbonyl (C=O) groups is 1. The minimum atomic E-state index is -0.542. The van der Waals surface area contributed by atoms with E-state index in [1.807, 2.05) is 12.1 Å². The first-order valence-corrected chi connectivity index (χ1v) is 7.24. The molecule has 1 aromatic heterocycles. The molecule has 1 heterocycles. The largest absolute Gasteiger partial charge is 0.276 e. The highest BCUT2D eigenvalue weighted by Gasteiger charge is 2.12. The van der Waals surface area contributed by atoms with Crippen molar-refractivity contribution in [2.45, 2.75) is 0 Å². The maximum absolute atomic E-state index is 11.7. The molecule has 0 fully saturated rings. The molecule has 0 bridgehead atoms. The van der Waals surface area contributed by atoms with E-state index in [-0.39, 0.29) is 0 Å². The lowest BCUT2D eigenvalue weighted by atomic mass is 10.0. The van der Waals surface area contributed by atoms with Gasteiger partial charge in [-0.1, -0.05) is 35.3 Å². The first kappa shape index (κ1) is 14.3. The van der Waals surface area contributed by atoms with Crippen LogP contribution >= 0.6 is 34.8 Å². The summed E-state index contributed by atoms with van der Waals surface area (Å²) in [7, 11) is 0. The van der Waals surface area contributed by atoms with Crippen molar-refractivity contribution in [3.05, 3.63) is 64.1 Å². The predicted octanol–water partition coefficient (Wildman–Crippen LogP) is 5.59. The zero-order valence-electron chi connectivity index (χ0n) is 10.6. The van der Waals surface area contributed by atoms with Gasteiger partial charge in [-0.15, -0.1) is 0 Å². The second-order valence-corrected chi connectivity index (χ2v) is 5.71. The second kappa shape index (κ2) is 5.64. The summed E-state index contributed by atoms with van der Waals surface area (Å²) in [6, 6.07) is 14.1. The van der Waals surface area contributed by atoms with Crippen LogP contribution in [-0.2, 0) is 0 Å². The van der Waals surface area contributed by atoms with Crippen LogP contribution in [0.4, 0.5) is 0 Å². The van der Waals surface area contributed by atoms with Gasteiger partial charge in [0.25, 0.3) is 5.24 Å². The van der Waals surface area contributed by atoms with Crippen LogP contribution in [0, 0.1) is 0 Å². The number of benzene rings is 2. The first-order valence-electron chi connectivity index (χ1n) is 6.11. The molecule has 2 aromatic carbocycles. The van der Waals surface area contributed by atoms with Crippen molar-refractivity contribution in [1.29, 1.82) is 0 Å². The molecule has 0 atom stereocenters. The van der Waals surface area contributed by atoms with Crippen LogP contribution < -0.4 is 0 Å². The normalized spacial score (nSPS) is 10.8. The average Bonchev–Trinajstić information content (AvgIpc) is 2.46. The molecule has 104 valence electrons. The van der Waals surface area contributed by atoms with Gasteiger partial charge in [-0.2, -0.15) is 0 Å². The number of fused-ring (bicyclic) bond motifs is 1. The van der Waals surface area contributed by atoms with Crippen LogP contribution in [0.1, 0.15) is 10.4 Å². The summed E-state index contributed by atoms with van der Waals surface area (Å²) < 4.78 is 0. The zero-order chi connectivity index (χ0) is 15.0. The highest BCUT2D eigenvalue weighted by atomic mass is 35.5. The standard InChI is InChI=1S/C16H8Cl3NO/c17-10-3-1-9(2-4-10)15-8-13(16(19)21)12-7-11(18)5-6-14(12)20-15/h1-8H. The minimum Gasteiger partial charge on any atom is -0.276 e. The summed E-state index contributed by atoms with van der Waals surface area (Å²) in [6.07, 6.45) is 0. The monoisotopic (exact) mass is 335 g/mol. The Morgan fingerprint density at radius 3 is 2.24 bits per heavy atom. The van der Waals surface area contributed by atoms with Crippen molar-refractivity contribution in [2.75, 3.05) is 0 Å². The zero-order valence-corrected chi connectivity index (χ0v) is 12.9. The highest BCUT2D eigenvalue weighted by molar-refractivity contribution is 6.68. The van der Waals surface area contributed by atoms with Crippen LogP contribution in [0.2, 0.25) is 10.0 Å². The molecule has 0 saturated carbocycles. The van der Waals surface area contributed by atoms with E-state index < -0.39 is 5.24 Å². The fraction of sp³-hybridized carbons (Fsp3) is 0. The van der Waals surface area contributed by atoms with Crippen LogP contribution in [0.5, 0.6) is 0 Å². The van der Waals surface area contributed by atoms with E-state index in [0.717, 1.165) is 5.56 Å². The predicted molar refractivity (Wildman–Crippen MR) is 87.4 cm³/mol. The third kappa shape index (κ3) is 2.88. The molecule has 0 N–H and O–H groups in total.